The van der Waals surface area contributed by atoms with Gasteiger partial charge in [0.2, 0.25) is 5.13 Å². The van der Waals surface area contributed by atoms with Crippen LogP contribution in [0.4, 0.5) is 5.13 Å². The zero-order chi connectivity index (χ0) is 13.9. The van der Waals surface area contributed by atoms with Gasteiger partial charge in [-0.3, -0.25) is 4.79 Å². The predicted octanol–water partition coefficient (Wildman–Crippen LogP) is 3.08. The van der Waals surface area contributed by atoms with Crippen molar-refractivity contribution in [3.63, 3.8) is 0 Å². The third kappa shape index (κ3) is 3.44. The molecule has 20 heavy (non-hydrogen) atoms. The lowest BCUT2D eigenvalue weighted by Crippen LogP contribution is -2.21. The van der Waals surface area contributed by atoms with Crippen LogP contribution in [0.15, 0.2) is 4.34 Å². The second kappa shape index (κ2) is 6.30. The molecule has 1 aromatic rings. The van der Waals surface area contributed by atoms with Crippen LogP contribution in [0.25, 0.3) is 0 Å². The molecule has 1 N–H and O–H groups in total. The van der Waals surface area contributed by atoms with Gasteiger partial charge in [0.25, 0.3) is 0 Å². The first-order valence-corrected chi connectivity index (χ1v) is 8.87. The highest BCUT2D eigenvalue weighted by Gasteiger charge is 2.33. The molecule has 0 bridgehead atoms. The van der Waals surface area contributed by atoms with Gasteiger partial charge in [-0.1, -0.05) is 42.4 Å². The first-order chi connectivity index (χ1) is 9.70. The van der Waals surface area contributed by atoms with E-state index in [2.05, 4.69) is 15.5 Å². The number of rotatable bonds is 4. The predicted molar refractivity (Wildman–Crippen MR) is 80.2 cm³/mol. The standard InChI is InChI=1S/C13H19N3O2S2/c1-8-7-10(11(17)18-8)19-13-16-15-12(20-13)14-9-5-3-2-4-6-9/h8-10H,2-7H2,1H3,(H,14,15)/t8-,10+/m0/s1. The zero-order valence-electron chi connectivity index (χ0n) is 11.5. The third-order valence-corrected chi connectivity index (χ3v) is 5.85. The van der Waals surface area contributed by atoms with E-state index in [1.165, 1.54) is 55.2 Å². The number of hydrogen-bond acceptors (Lipinski definition) is 7. The van der Waals surface area contributed by atoms with Crippen molar-refractivity contribution in [2.24, 2.45) is 0 Å². The molecule has 0 spiro atoms. The molecule has 5 nitrogen and oxygen atoms in total. The van der Waals surface area contributed by atoms with Crippen molar-refractivity contribution in [2.45, 2.75) is 67.2 Å². The summed E-state index contributed by atoms with van der Waals surface area (Å²) in [6.45, 7) is 1.93. The lowest BCUT2D eigenvalue weighted by molar-refractivity contribution is -0.140. The maximum Gasteiger partial charge on any atom is 0.319 e. The van der Waals surface area contributed by atoms with Gasteiger partial charge in [0.1, 0.15) is 11.4 Å². The Morgan fingerprint density at radius 3 is 2.80 bits per heavy atom. The molecule has 2 fully saturated rings. The van der Waals surface area contributed by atoms with E-state index in [1.807, 2.05) is 6.92 Å². The molecule has 1 aliphatic carbocycles. The van der Waals surface area contributed by atoms with E-state index in [0.717, 1.165) is 15.9 Å². The number of thioether (sulfide) groups is 1. The fraction of sp³-hybridized carbons (Fsp3) is 0.769. The number of aromatic nitrogens is 2. The number of hydrogen-bond donors (Lipinski definition) is 1. The summed E-state index contributed by atoms with van der Waals surface area (Å²) in [5.74, 6) is -0.125. The SMILES string of the molecule is C[C@H]1C[C@@H](Sc2nnc(NC3CCCCC3)s2)C(=O)O1. The van der Waals surface area contributed by atoms with E-state index >= 15 is 0 Å². The molecular weight excluding hydrogens is 294 g/mol. The summed E-state index contributed by atoms with van der Waals surface area (Å²) in [6.07, 6.45) is 7.15. The Kier molecular flexibility index (Phi) is 4.45. The molecule has 2 aliphatic rings. The summed E-state index contributed by atoms with van der Waals surface area (Å²) in [6, 6.07) is 0.533. The van der Waals surface area contributed by atoms with Crippen LogP contribution in [-0.2, 0) is 9.53 Å². The van der Waals surface area contributed by atoms with Crippen molar-refractivity contribution in [1.29, 1.82) is 0 Å². The van der Waals surface area contributed by atoms with Crippen molar-refractivity contribution in [3.8, 4) is 0 Å². The molecule has 1 saturated heterocycles. The van der Waals surface area contributed by atoms with Crippen molar-refractivity contribution < 1.29 is 9.53 Å². The topological polar surface area (TPSA) is 64.1 Å². The smallest absolute Gasteiger partial charge is 0.319 e. The molecule has 1 aromatic heterocycles. The molecular formula is C13H19N3O2S2. The van der Waals surface area contributed by atoms with Gasteiger partial charge < -0.3 is 10.1 Å². The van der Waals surface area contributed by atoms with Gasteiger partial charge in [-0.2, -0.15) is 0 Å². The summed E-state index contributed by atoms with van der Waals surface area (Å²) in [7, 11) is 0. The molecule has 0 unspecified atom stereocenters. The summed E-state index contributed by atoms with van der Waals surface area (Å²) in [4.78, 5) is 11.6. The van der Waals surface area contributed by atoms with Gasteiger partial charge in [0.15, 0.2) is 4.34 Å². The van der Waals surface area contributed by atoms with Gasteiger partial charge >= 0.3 is 5.97 Å². The fourth-order valence-electron chi connectivity index (χ4n) is 2.68. The summed E-state index contributed by atoms with van der Waals surface area (Å²) >= 11 is 3.01. The van der Waals surface area contributed by atoms with E-state index in [4.69, 9.17) is 4.74 Å². The Labute approximate surface area is 126 Å². The molecule has 0 amide bonds. The summed E-state index contributed by atoms with van der Waals surface area (Å²) in [5, 5.41) is 12.6. The van der Waals surface area contributed by atoms with Crippen molar-refractivity contribution in [2.75, 3.05) is 5.32 Å². The van der Waals surface area contributed by atoms with Crippen molar-refractivity contribution in [1.82, 2.24) is 10.2 Å². The second-order valence-electron chi connectivity index (χ2n) is 5.44. The third-order valence-electron chi connectivity index (χ3n) is 3.71. The number of ether oxygens (including phenoxy) is 1. The lowest BCUT2D eigenvalue weighted by Gasteiger charge is -2.21. The Morgan fingerprint density at radius 2 is 2.10 bits per heavy atom. The monoisotopic (exact) mass is 313 g/mol. The molecule has 110 valence electrons. The maximum absolute atomic E-state index is 11.6. The second-order valence-corrected chi connectivity index (χ2v) is 7.87. The number of anilines is 1. The number of carbonyl (C=O) groups excluding carboxylic acids is 1. The van der Waals surface area contributed by atoms with Gasteiger partial charge in [-0.15, -0.1) is 10.2 Å². The average molecular weight is 313 g/mol. The van der Waals surface area contributed by atoms with E-state index in [0.29, 0.717) is 6.04 Å². The summed E-state index contributed by atoms with van der Waals surface area (Å²) in [5.41, 5.74) is 0. The van der Waals surface area contributed by atoms with Crippen LogP contribution in [0.2, 0.25) is 0 Å². The first kappa shape index (κ1) is 14.1. The van der Waals surface area contributed by atoms with Crippen LogP contribution in [0.3, 0.4) is 0 Å². The molecule has 2 heterocycles. The lowest BCUT2D eigenvalue weighted by atomic mass is 9.96. The van der Waals surface area contributed by atoms with Crippen LogP contribution in [0, 0.1) is 0 Å². The van der Waals surface area contributed by atoms with E-state index in [9.17, 15) is 4.79 Å². The van der Waals surface area contributed by atoms with Crippen LogP contribution >= 0.6 is 23.1 Å². The van der Waals surface area contributed by atoms with Crippen molar-refractivity contribution in [3.05, 3.63) is 0 Å². The van der Waals surface area contributed by atoms with Gasteiger partial charge in [0.05, 0.1) is 0 Å². The molecule has 0 aromatic carbocycles. The molecule has 3 rings (SSSR count). The highest BCUT2D eigenvalue weighted by Crippen LogP contribution is 2.35. The highest BCUT2D eigenvalue weighted by atomic mass is 32.2. The van der Waals surface area contributed by atoms with Crippen LogP contribution in [-0.4, -0.2) is 33.6 Å². The van der Waals surface area contributed by atoms with Crippen LogP contribution < -0.4 is 5.32 Å². The highest BCUT2D eigenvalue weighted by molar-refractivity contribution is 8.02. The number of carbonyl (C=O) groups is 1. The van der Waals surface area contributed by atoms with Crippen molar-refractivity contribution >= 4 is 34.2 Å². The largest absolute Gasteiger partial charge is 0.462 e. The number of esters is 1. The van der Waals surface area contributed by atoms with Crippen LogP contribution in [0.5, 0.6) is 0 Å². The molecule has 0 radical (unpaired) electrons. The molecule has 2 atom stereocenters. The van der Waals surface area contributed by atoms with Gasteiger partial charge in [-0.25, -0.2) is 0 Å². The first-order valence-electron chi connectivity index (χ1n) is 7.18. The number of nitrogens with one attached hydrogen (secondary N) is 1. The Hall–Kier alpha value is -0.820. The molecule has 7 heteroatoms. The average Bonchev–Trinajstić information content (AvgIpc) is 2.98. The zero-order valence-corrected chi connectivity index (χ0v) is 13.1. The van der Waals surface area contributed by atoms with Gasteiger partial charge in [-0.05, 0) is 19.8 Å². The fourth-order valence-corrected chi connectivity index (χ4v) is 4.86. The normalized spacial score (nSPS) is 27.6. The van der Waals surface area contributed by atoms with E-state index in [-0.39, 0.29) is 17.3 Å². The van der Waals surface area contributed by atoms with E-state index < -0.39 is 0 Å². The minimum Gasteiger partial charge on any atom is -0.462 e. The Bertz CT molecular complexity index is 474. The maximum atomic E-state index is 11.6. The van der Waals surface area contributed by atoms with Gasteiger partial charge in [0, 0.05) is 12.5 Å². The molecule has 1 aliphatic heterocycles. The Morgan fingerprint density at radius 1 is 1.30 bits per heavy atom. The number of nitrogens with zero attached hydrogens (tertiary/aromatic N) is 2. The van der Waals surface area contributed by atoms with Crippen LogP contribution in [0.1, 0.15) is 45.4 Å². The minimum atomic E-state index is -0.125. The number of cyclic esters (lactones) is 1. The summed E-state index contributed by atoms with van der Waals surface area (Å²) < 4.78 is 6.00. The quantitative estimate of drug-likeness (QED) is 0.862. The molecule has 1 saturated carbocycles. The Balaban J connectivity index is 1.55. The minimum absolute atomic E-state index is 0.0211. The van der Waals surface area contributed by atoms with E-state index in [1.54, 1.807) is 0 Å².